The first-order chi connectivity index (χ1) is 8.57. The van der Waals surface area contributed by atoms with Crippen molar-refractivity contribution >= 4 is 39.1 Å². The highest BCUT2D eigenvalue weighted by molar-refractivity contribution is 9.10. The number of nitrogens with zero attached hydrogens (tertiary/aromatic N) is 1. The van der Waals surface area contributed by atoms with Crippen LogP contribution < -0.4 is 5.32 Å². The van der Waals surface area contributed by atoms with Gasteiger partial charge in [-0.15, -0.1) is 0 Å². The van der Waals surface area contributed by atoms with Crippen LogP contribution in [0.3, 0.4) is 0 Å². The molecule has 1 aromatic rings. The van der Waals surface area contributed by atoms with E-state index in [2.05, 4.69) is 27.3 Å². The van der Waals surface area contributed by atoms with Gasteiger partial charge < -0.3 is 5.32 Å². The van der Waals surface area contributed by atoms with E-state index in [1.54, 1.807) is 18.2 Å². The first-order valence-corrected chi connectivity index (χ1v) is 6.92. The molecule has 94 valence electrons. The molecule has 5 heteroatoms. The molecule has 1 saturated carbocycles. The van der Waals surface area contributed by atoms with E-state index in [1.165, 1.54) is 0 Å². The minimum Gasteiger partial charge on any atom is -0.325 e. The number of nitriles is 1. The molecule has 0 radical (unpaired) electrons. The van der Waals surface area contributed by atoms with Gasteiger partial charge in [-0.05, 0) is 47.0 Å². The van der Waals surface area contributed by atoms with E-state index in [-0.39, 0.29) is 5.91 Å². The molecule has 0 saturated heterocycles. The van der Waals surface area contributed by atoms with Crippen molar-refractivity contribution in [2.75, 3.05) is 5.32 Å². The van der Waals surface area contributed by atoms with Crippen LogP contribution in [0.15, 0.2) is 22.7 Å². The highest BCUT2D eigenvalue weighted by Crippen LogP contribution is 2.38. The molecule has 0 bridgehead atoms. The van der Waals surface area contributed by atoms with Crippen molar-refractivity contribution in [3.63, 3.8) is 0 Å². The second-order valence-electron chi connectivity index (χ2n) is 4.48. The number of amides is 1. The van der Waals surface area contributed by atoms with Crippen molar-refractivity contribution in [1.29, 1.82) is 5.26 Å². The number of carbonyl (C=O) groups excluding carboxylic acids is 1. The second kappa shape index (κ2) is 5.29. The highest BCUT2D eigenvalue weighted by Gasteiger charge is 2.41. The summed E-state index contributed by atoms with van der Waals surface area (Å²) in [7, 11) is 0. The van der Waals surface area contributed by atoms with Crippen LogP contribution in [0.2, 0.25) is 5.02 Å². The predicted octanol–water partition coefficient (Wildman–Crippen LogP) is 4.12. The van der Waals surface area contributed by atoms with Gasteiger partial charge in [-0.2, -0.15) is 5.26 Å². The van der Waals surface area contributed by atoms with E-state index in [0.29, 0.717) is 23.6 Å². The Morgan fingerprint density at radius 1 is 1.44 bits per heavy atom. The lowest BCUT2D eigenvalue weighted by atomic mass is 9.87. The minimum atomic E-state index is -0.855. The molecule has 1 aliphatic rings. The van der Waals surface area contributed by atoms with Gasteiger partial charge >= 0.3 is 0 Å². The quantitative estimate of drug-likeness (QED) is 0.888. The number of hydrogen-bond acceptors (Lipinski definition) is 2. The average molecular weight is 328 g/mol. The first-order valence-electron chi connectivity index (χ1n) is 5.75. The Labute approximate surface area is 119 Å². The normalized spacial score (nSPS) is 17.2. The fourth-order valence-corrected chi connectivity index (χ4v) is 2.69. The van der Waals surface area contributed by atoms with Crippen molar-refractivity contribution < 1.29 is 4.79 Å². The molecule has 0 atom stereocenters. The standard InChI is InChI=1S/C13H12BrClN2O/c14-10-7-9(3-4-11(10)15)17-12(18)13(8-16)5-1-2-6-13/h3-4,7H,1-2,5-6H2,(H,17,18). The predicted molar refractivity (Wildman–Crippen MR) is 74.3 cm³/mol. The molecule has 3 nitrogen and oxygen atoms in total. The summed E-state index contributed by atoms with van der Waals surface area (Å²) in [4.78, 5) is 12.2. The Morgan fingerprint density at radius 3 is 2.67 bits per heavy atom. The first kappa shape index (κ1) is 13.4. The SMILES string of the molecule is N#CC1(C(=O)Nc2ccc(Cl)c(Br)c2)CCCC1. The van der Waals surface area contributed by atoms with E-state index in [4.69, 9.17) is 11.6 Å². The summed E-state index contributed by atoms with van der Waals surface area (Å²) in [5, 5.41) is 12.6. The van der Waals surface area contributed by atoms with Gasteiger partial charge in [0.1, 0.15) is 5.41 Å². The third kappa shape index (κ3) is 2.52. The van der Waals surface area contributed by atoms with Crippen LogP contribution in [0.4, 0.5) is 5.69 Å². The van der Waals surface area contributed by atoms with Gasteiger partial charge in [0, 0.05) is 10.2 Å². The lowest BCUT2D eigenvalue weighted by molar-refractivity contribution is -0.122. The maximum absolute atomic E-state index is 12.2. The number of anilines is 1. The molecule has 2 rings (SSSR count). The van der Waals surface area contributed by atoms with Crippen molar-refractivity contribution in [3.8, 4) is 6.07 Å². The van der Waals surface area contributed by atoms with Crippen LogP contribution in [0, 0.1) is 16.7 Å². The molecule has 0 unspecified atom stereocenters. The van der Waals surface area contributed by atoms with E-state index in [0.717, 1.165) is 17.3 Å². The van der Waals surface area contributed by atoms with Gasteiger partial charge in [0.15, 0.2) is 0 Å². The Hall–Kier alpha value is -1.05. The van der Waals surface area contributed by atoms with Crippen LogP contribution in [0.5, 0.6) is 0 Å². The molecule has 18 heavy (non-hydrogen) atoms. The van der Waals surface area contributed by atoms with Crippen molar-refractivity contribution in [3.05, 3.63) is 27.7 Å². The summed E-state index contributed by atoms with van der Waals surface area (Å²) >= 11 is 9.19. The zero-order valence-corrected chi connectivity index (χ0v) is 12.0. The van der Waals surface area contributed by atoms with Crippen LogP contribution in [-0.2, 0) is 4.79 Å². The van der Waals surface area contributed by atoms with Crippen molar-refractivity contribution in [2.24, 2.45) is 5.41 Å². The van der Waals surface area contributed by atoms with Crippen LogP contribution in [-0.4, -0.2) is 5.91 Å². The molecular weight excluding hydrogens is 316 g/mol. The molecular formula is C13H12BrClN2O. The number of benzene rings is 1. The Bertz CT molecular complexity index is 518. The number of halogens is 2. The molecule has 1 fully saturated rings. The maximum Gasteiger partial charge on any atom is 0.244 e. The molecule has 0 aliphatic heterocycles. The van der Waals surface area contributed by atoms with Gasteiger partial charge in [0.05, 0.1) is 11.1 Å². The molecule has 0 spiro atoms. The van der Waals surface area contributed by atoms with Gasteiger partial charge in [-0.25, -0.2) is 0 Å². The molecule has 1 amide bonds. The van der Waals surface area contributed by atoms with E-state index in [1.807, 2.05) is 0 Å². The van der Waals surface area contributed by atoms with Gasteiger partial charge in [-0.3, -0.25) is 4.79 Å². The number of nitrogens with one attached hydrogen (secondary N) is 1. The smallest absolute Gasteiger partial charge is 0.244 e. The number of carbonyl (C=O) groups is 1. The lowest BCUT2D eigenvalue weighted by Crippen LogP contribution is -2.32. The fourth-order valence-electron chi connectivity index (χ4n) is 2.19. The Kier molecular flexibility index (Phi) is 3.94. The van der Waals surface area contributed by atoms with Crippen molar-refractivity contribution in [1.82, 2.24) is 0 Å². The number of rotatable bonds is 2. The average Bonchev–Trinajstić information content (AvgIpc) is 2.84. The van der Waals surface area contributed by atoms with Gasteiger partial charge in [0.25, 0.3) is 0 Å². The fraction of sp³-hybridized carbons (Fsp3) is 0.385. The largest absolute Gasteiger partial charge is 0.325 e. The van der Waals surface area contributed by atoms with Crippen LogP contribution in [0.1, 0.15) is 25.7 Å². The van der Waals surface area contributed by atoms with Gasteiger partial charge in [-0.1, -0.05) is 24.4 Å². The van der Waals surface area contributed by atoms with Crippen LogP contribution >= 0.6 is 27.5 Å². The third-order valence-electron chi connectivity index (χ3n) is 3.28. The van der Waals surface area contributed by atoms with E-state index >= 15 is 0 Å². The topological polar surface area (TPSA) is 52.9 Å². The Morgan fingerprint density at radius 2 is 2.11 bits per heavy atom. The summed E-state index contributed by atoms with van der Waals surface area (Å²) < 4.78 is 0.722. The van der Waals surface area contributed by atoms with Crippen LogP contribution in [0.25, 0.3) is 0 Å². The molecule has 0 heterocycles. The van der Waals surface area contributed by atoms with E-state index < -0.39 is 5.41 Å². The van der Waals surface area contributed by atoms with Crippen molar-refractivity contribution in [2.45, 2.75) is 25.7 Å². The molecule has 1 aromatic carbocycles. The molecule has 1 aliphatic carbocycles. The monoisotopic (exact) mass is 326 g/mol. The maximum atomic E-state index is 12.2. The summed E-state index contributed by atoms with van der Waals surface area (Å²) in [6.45, 7) is 0. The highest BCUT2D eigenvalue weighted by atomic mass is 79.9. The minimum absolute atomic E-state index is 0.211. The third-order valence-corrected chi connectivity index (χ3v) is 4.50. The summed E-state index contributed by atoms with van der Waals surface area (Å²) in [6, 6.07) is 7.34. The van der Waals surface area contributed by atoms with E-state index in [9.17, 15) is 10.1 Å². The molecule has 1 N–H and O–H groups in total. The zero-order chi connectivity index (χ0) is 13.2. The number of hydrogen-bond donors (Lipinski definition) is 1. The Balaban J connectivity index is 2.16. The summed E-state index contributed by atoms with van der Waals surface area (Å²) in [6.07, 6.45) is 3.16. The van der Waals surface area contributed by atoms with Gasteiger partial charge in [0.2, 0.25) is 5.91 Å². The zero-order valence-electron chi connectivity index (χ0n) is 9.67. The second-order valence-corrected chi connectivity index (χ2v) is 5.75. The summed E-state index contributed by atoms with van der Waals surface area (Å²) in [5.74, 6) is -0.211. The molecule has 0 aromatic heterocycles. The summed E-state index contributed by atoms with van der Waals surface area (Å²) in [5.41, 5.74) is -0.204. The lowest BCUT2D eigenvalue weighted by Gasteiger charge is -2.19.